The fourth-order valence-electron chi connectivity index (χ4n) is 5.22. The zero-order valence-electron chi connectivity index (χ0n) is 17.7. The van der Waals surface area contributed by atoms with Gasteiger partial charge in [0.05, 0.1) is 6.67 Å². The van der Waals surface area contributed by atoms with E-state index in [4.69, 9.17) is 0 Å². The molecule has 0 atom stereocenters. The third kappa shape index (κ3) is 7.63. The molecule has 2 aliphatic rings. The second-order valence-electron chi connectivity index (χ2n) is 9.10. The van der Waals surface area contributed by atoms with Gasteiger partial charge in [-0.25, -0.2) is 0 Å². The molecule has 1 nitrogen and oxygen atoms in total. The highest BCUT2D eigenvalue weighted by molar-refractivity contribution is 5.29. The molecule has 3 rings (SSSR count). The van der Waals surface area contributed by atoms with Crippen molar-refractivity contribution in [1.29, 1.82) is 0 Å². The Labute approximate surface area is 177 Å². The Morgan fingerprint density at radius 1 is 0.833 bits per heavy atom. The van der Waals surface area contributed by atoms with Gasteiger partial charge in [0.1, 0.15) is 5.75 Å². The van der Waals surface area contributed by atoms with Crippen molar-refractivity contribution in [3.05, 3.63) is 42.0 Å². The summed E-state index contributed by atoms with van der Waals surface area (Å²) in [6.07, 6.45) is 12.5. The first-order chi connectivity index (χ1) is 14.4. The van der Waals surface area contributed by atoms with Gasteiger partial charge in [0.2, 0.25) is 0 Å². The first-order valence-electron chi connectivity index (χ1n) is 11.5. The molecule has 0 radical (unpaired) electrons. The van der Waals surface area contributed by atoms with Crippen molar-refractivity contribution in [3.63, 3.8) is 0 Å². The smallest absolute Gasteiger partial charge is 0.406 e. The molecule has 0 amide bonds. The third-order valence-electron chi connectivity index (χ3n) is 6.99. The van der Waals surface area contributed by atoms with Gasteiger partial charge in [0.15, 0.2) is 0 Å². The number of hydrogen-bond donors (Lipinski definition) is 0. The van der Waals surface area contributed by atoms with E-state index in [-0.39, 0.29) is 12.4 Å². The summed E-state index contributed by atoms with van der Waals surface area (Å²) in [7, 11) is 0. The molecule has 168 valence electrons. The minimum atomic E-state index is -4.63. The zero-order valence-corrected chi connectivity index (χ0v) is 17.7. The molecule has 2 aliphatic carbocycles. The molecular formula is C25H34F4O. The number of ether oxygens (including phenoxy) is 1. The molecule has 0 saturated heterocycles. The van der Waals surface area contributed by atoms with Gasteiger partial charge in [-0.15, -0.1) is 13.2 Å². The number of alkyl halides is 4. The van der Waals surface area contributed by atoms with Gasteiger partial charge in [0.25, 0.3) is 0 Å². The molecule has 30 heavy (non-hydrogen) atoms. The number of rotatable bonds is 8. The SMILES string of the molecule is FCC/C=C/[C@H]1CC[C@H](CC[C@H]2CC[C@H](c3ccc(OC(F)(F)F)cc3)CC2)CC1. The van der Waals surface area contributed by atoms with Crippen LogP contribution in [0.4, 0.5) is 17.6 Å². The lowest BCUT2D eigenvalue weighted by atomic mass is 9.74. The molecule has 5 heteroatoms. The number of halogens is 4. The molecule has 2 saturated carbocycles. The van der Waals surface area contributed by atoms with Crippen LogP contribution in [0.25, 0.3) is 0 Å². The van der Waals surface area contributed by atoms with Crippen LogP contribution in [0, 0.1) is 17.8 Å². The van der Waals surface area contributed by atoms with E-state index in [1.165, 1.54) is 63.5 Å². The third-order valence-corrected chi connectivity index (χ3v) is 6.99. The number of allylic oxidation sites excluding steroid dienone is 2. The van der Waals surface area contributed by atoms with Gasteiger partial charge in [-0.3, -0.25) is 4.39 Å². The molecule has 0 spiro atoms. The molecule has 2 fully saturated rings. The fourth-order valence-corrected chi connectivity index (χ4v) is 5.22. The van der Waals surface area contributed by atoms with Gasteiger partial charge in [-0.05, 0) is 99.2 Å². The molecular weight excluding hydrogens is 392 g/mol. The van der Waals surface area contributed by atoms with Gasteiger partial charge < -0.3 is 4.74 Å². The normalized spacial score (nSPS) is 28.0. The largest absolute Gasteiger partial charge is 0.573 e. The van der Waals surface area contributed by atoms with Gasteiger partial charge in [-0.2, -0.15) is 0 Å². The van der Waals surface area contributed by atoms with E-state index in [1.807, 2.05) is 6.08 Å². The van der Waals surface area contributed by atoms with Crippen LogP contribution in [0.1, 0.15) is 82.1 Å². The van der Waals surface area contributed by atoms with Crippen LogP contribution < -0.4 is 4.74 Å². The second-order valence-corrected chi connectivity index (χ2v) is 9.10. The Bertz CT molecular complexity index is 636. The van der Waals surface area contributed by atoms with E-state index >= 15 is 0 Å². The minimum absolute atomic E-state index is 0.146. The molecule has 0 aliphatic heterocycles. The average Bonchev–Trinajstić information content (AvgIpc) is 2.73. The quantitative estimate of drug-likeness (QED) is 0.300. The van der Waals surface area contributed by atoms with E-state index in [9.17, 15) is 17.6 Å². The van der Waals surface area contributed by atoms with Crippen molar-refractivity contribution in [3.8, 4) is 5.75 Å². The Hall–Kier alpha value is -1.52. The Kier molecular flexibility index (Phi) is 8.64. The predicted molar refractivity (Wildman–Crippen MR) is 112 cm³/mol. The molecule has 0 bridgehead atoms. The van der Waals surface area contributed by atoms with Gasteiger partial charge >= 0.3 is 6.36 Å². The topological polar surface area (TPSA) is 9.23 Å². The predicted octanol–water partition coefficient (Wildman–Crippen LogP) is 8.36. The van der Waals surface area contributed by atoms with Crippen LogP contribution in [0.15, 0.2) is 36.4 Å². The lowest BCUT2D eigenvalue weighted by Gasteiger charge is -2.31. The summed E-state index contributed by atoms with van der Waals surface area (Å²) in [6.45, 7) is -0.258. The van der Waals surface area contributed by atoms with E-state index in [1.54, 1.807) is 12.1 Å². The van der Waals surface area contributed by atoms with E-state index in [2.05, 4.69) is 10.8 Å². The van der Waals surface area contributed by atoms with E-state index in [0.29, 0.717) is 18.3 Å². The molecule has 0 N–H and O–H groups in total. The summed E-state index contributed by atoms with van der Waals surface area (Å²) >= 11 is 0. The lowest BCUT2D eigenvalue weighted by molar-refractivity contribution is -0.274. The maximum absolute atomic E-state index is 12.3. The van der Waals surface area contributed by atoms with Crippen LogP contribution in [0.2, 0.25) is 0 Å². The van der Waals surface area contributed by atoms with E-state index in [0.717, 1.165) is 30.2 Å². The molecule has 0 aromatic heterocycles. The number of hydrogen-bond acceptors (Lipinski definition) is 1. The Morgan fingerprint density at radius 3 is 1.93 bits per heavy atom. The summed E-state index contributed by atoms with van der Waals surface area (Å²) < 4.78 is 53.0. The molecule has 0 unspecified atom stereocenters. The summed E-state index contributed by atoms with van der Waals surface area (Å²) in [4.78, 5) is 0. The van der Waals surface area contributed by atoms with Crippen molar-refractivity contribution in [2.45, 2.75) is 82.9 Å². The average molecular weight is 427 g/mol. The van der Waals surface area contributed by atoms with Gasteiger partial charge in [-0.1, -0.05) is 37.1 Å². The monoisotopic (exact) mass is 426 g/mol. The zero-order chi connectivity index (χ0) is 21.4. The fraction of sp³-hybridized carbons (Fsp3) is 0.680. The van der Waals surface area contributed by atoms with Crippen molar-refractivity contribution in [2.24, 2.45) is 17.8 Å². The highest BCUT2D eigenvalue weighted by Gasteiger charge is 2.31. The van der Waals surface area contributed by atoms with Crippen molar-refractivity contribution < 1.29 is 22.3 Å². The van der Waals surface area contributed by atoms with E-state index < -0.39 is 6.36 Å². The van der Waals surface area contributed by atoms with Crippen LogP contribution in [-0.4, -0.2) is 13.0 Å². The summed E-state index contributed by atoms with van der Waals surface area (Å²) in [5.41, 5.74) is 1.13. The standard InChI is InChI=1S/C25H34F4O/c26-18-2-1-3-19-4-6-20(7-5-19)8-9-21-10-12-22(13-11-21)23-14-16-24(17-15-23)30-25(27,28)29/h1,3,14-17,19-22H,2,4-13,18H2/b3-1+/t19-,20-,21-,22-. The summed E-state index contributed by atoms with van der Waals surface area (Å²) in [5.74, 6) is 2.59. The van der Waals surface area contributed by atoms with Crippen LogP contribution in [0.5, 0.6) is 5.75 Å². The Balaban J connectivity index is 1.34. The minimum Gasteiger partial charge on any atom is -0.406 e. The molecule has 1 aromatic rings. The maximum atomic E-state index is 12.3. The maximum Gasteiger partial charge on any atom is 0.573 e. The van der Waals surface area contributed by atoms with Crippen molar-refractivity contribution in [2.75, 3.05) is 6.67 Å². The molecule has 0 heterocycles. The highest BCUT2D eigenvalue weighted by atomic mass is 19.4. The lowest BCUT2D eigenvalue weighted by Crippen LogP contribution is -2.18. The molecule has 1 aromatic carbocycles. The van der Waals surface area contributed by atoms with Crippen LogP contribution in [0.3, 0.4) is 0 Å². The summed E-state index contributed by atoms with van der Waals surface area (Å²) in [5, 5.41) is 0. The first kappa shape index (κ1) is 23.1. The number of benzene rings is 1. The first-order valence-corrected chi connectivity index (χ1v) is 11.5. The highest BCUT2D eigenvalue weighted by Crippen LogP contribution is 2.40. The second kappa shape index (κ2) is 11.2. The van der Waals surface area contributed by atoms with Crippen molar-refractivity contribution in [1.82, 2.24) is 0 Å². The Morgan fingerprint density at radius 2 is 1.40 bits per heavy atom. The van der Waals surface area contributed by atoms with Crippen LogP contribution >= 0.6 is 0 Å². The van der Waals surface area contributed by atoms with Crippen molar-refractivity contribution >= 4 is 0 Å². The van der Waals surface area contributed by atoms with Crippen LogP contribution in [-0.2, 0) is 0 Å². The summed E-state index contributed by atoms with van der Waals surface area (Å²) in [6, 6.07) is 6.43. The van der Waals surface area contributed by atoms with Gasteiger partial charge in [0, 0.05) is 0 Å².